The van der Waals surface area contributed by atoms with Gasteiger partial charge in [0, 0.05) is 24.3 Å². The number of fused-ring (bicyclic) bond motifs is 1. The number of carbonyl (C=O) groups is 1. The molecule has 0 spiro atoms. The number of nitrogens with zero attached hydrogens (tertiary/aromatic N) is 4. The number of aryl methyl sites for hydroxylation is 1. The maximum atomic E-state index is 13.1. The van der Waals surface area contributed by atoms with E-state index in [1.165, 1.54) is 17.3 Å². The number of ether oxygens (including phenoxy) is 2. The summed E-state index contributed by atoms with van der Waals surface area (Å²) in [6.07, 6.45) is 0. The Kier molecular flexibility index (Phi) is 6.72. The number of hydrogen-bond donors (Lipinski definition) is 0. The Balaban J connectivity index is 1.35. The van der Waals surface area contributed by atoms with Gasteiger partial charge in [0.15, 0.2) is 22.5 Å². The molecule has 1 aromatic heterocycles. The quantitative estimate of drug-likeness (QED) is 0.322. The van der Waals surface area contributed by atoms with Gasteiger partial charge in [0.1, 0.15) is 0 Å². The van der Waals surface area contributed by atoms with E-state index in [1.54, 1.807) is 0 Å². The highest BCUT2D eigenvalue weighted by atomic mass is 32.2. The summed E-state index contributed by atoms with van der Waals surface area (Å²) >= 11 is 1.40. The van der Waals surface area contributed by atoms with Crippen LogP contribution < -0.4 is 9.47 Å². The largest absolute Gasteiger partial charge is 0.454 e. The van der Waals surface area contributed by atoms with Gasteiger partial charge in [0.05, 0.1) is 5.75 Å². The van der Waals surface area contributed by atoms with E-state index in [-0.39, 0.29) is 18.5 Å². The molecule has 4 aromatic rings. The lowest BCUT2D eigenvalue weighted by Crippen LogP contribution is -2.31. The van der Waals surface area contributed by atoms with Crippen LogP contribution in [0.25, 0.3) is 17.1 Å². The summed E-state index contributed by atoms with van der Waals surface area (Å²) in [4.78, 5) is 15.0. The Morgan fingerprint density at radius 3 is 2.54 bits per heavy atom. The van der Waals surface area contributed by atoms with E-state index in [2.05, 4.69) is 41.4 Å². The highest BCUT2D eigenvalue weighted by Gasteiger charge is 2.20. The lowest BCUT2D eigenvalue weighted by Gasteiger charge is -2.21. The van der Waals surface area contributed by atoms with Crippen molar-refractivity contribution in [3.05, 3.63) is 83.9 Å². The van der Waals surface area contributed by atoms with E-state index in [0.29, 0.717) is 18.2 Å². The van der Waals surface area contributed by atoms with Gasteiger partial charge in [0.2, 0.25) is 12.7 Å². The zero-order valence-electron chi connectivity index (χ0n) is 19.7. The summed E-state index contributed by atoms with van der Waals surface area (Å²) in [5.74, 6) is 2.51. The van der Waals surface area contributed by atoms with E-state index >= 15 is 0 Å². The molecule has 0 bridgehead atoms. The Hall–Kier alpha value is -3.78. The monoisotopic (exact) mass is 486 g/mol. The Bertz CT molecular complexity index is 1320. The van der Waals surface area contributed by atoms with Gasteiger partial charge in [-0.05, 0) is 43.7 Å². The van der Waals surface area contributed by atoms with Gasteiger partial charge in [-0.15, -0.1) is 10.2 Å². The predicted molar refractivity (Wildman–Crippen MR) is 136 cm³/mol. The predicted octanol–water partition coefficient (Wildman–Crippen LogP) is 5.11. The van der Waals surface area contributed by atoms with Crippen molar-refractivity contribution in [2.75, 3.05) is 19.1 Å². The van der Waals surface area contributed by atoms with Crippen molar-refractivity contribution >= 4 is 17.7 Å². The summed E-state index contributed by atoms with van der Waals surface area (Å²) in [7, 11) is 0. The molecule has 0 N–H and O–H groups in total. The molecule has 0 aliphatic carbocycles. The summed E-state index contributed by atoms with van der Waals surface area (Å²) in [6.45, 7) is 5.39. The molecule has 0 saturated heterocycles. The number of rotatable bonds is 8. The minimum Gasteiger partial charge on any atom is -0.454 e. The lowest BCUT2D eigenvalue weighted by molar-refractivity contribution is -0.128. The molecule has 0 fully saturated rings. The normalized spacial score (nSPS) is 12.1. The maximum absolute atomic E-state index is 13.1. The van der Waals surface area contributed by atoms with E-state index < -0.39 is 0 Å². The standard InChI is InChI=1S/C27H26N4O3S/c1-3-30(16-20-11-14-23-24(15-20)34-18-33-23)25(32)17-35-27-29-28-26(21-7-5-4-6-8-21)31(27)22-12-9-19(2)10-13-22/h4-15H,3,16-18H2,1-2H3. The highest BCUT2D eigenvalue weighted by Crippen LogP contribution is 2.33. The van der Waals surface area contributed by atoms with Crippen LogP contribution in [0.1, 0.15) is 18.1 Å². The maximum Gasteiger partial charge on any atom is 0.233 e. The van der Waals surface area contributed by atoms with Crippen molar-refractivity contribution in [3.8, 4) is 28.6 Å². The summed E-state index contributed by atoms with van der Waals surface area (Å²) in [6, 6.07) is 24.0. The molecule has 1 amide bonds. The fourth-order valence-electron chi connectivity index (χ4n) is 3.92. The molecule has 0 unspecified atom stereocenters. The number of hydrogen-bond acceptors (Lipinski definition) is 6. The van der Waals surface area contributed by atoms with Crippen LogP contribution in [0.15, 0.2) is 78.0 Å². The van der Waals surface area contributed by atoms with Gasteiger partial charge < -0.3 is 14.4 Å². The highest BCUT2D eigenvalue weighted by molar-refractivity contribution is 7.99. The Morgan fingerprint density at radius 1 is 1.00 bits per heavy atom. The summed E-state index contributed by atoms with van der Waals surface area (Å²) < 4.78 is 12.9. The number of amides is 1. The first-order valence-corrected chi connectivity index (χ1v) is 12.5. The second-order valence-corrected chi connectivity index (χ2v) is 9.17. The molecule has 8 heteroatoms. The van der Waals surface area contributed by atoms with E-state index in [1.807, 2.05) is 64.9 Å². The minimum atomic E-state index is 0.0369. The van der Waals surface area contributed by atoms with E-state index in [9.17, 15) is 4.79 Å². The van der Waals surface area contributed by atoms with E-state index in [4.69, 9.17) is 9.47 Å². The molecule has 5 rings (SSSR count). The number of benzene rings is 3. The van der Waals surface area contributed by atoms with Crippen molar-refractivity contribution in [2.24, 2.45) is 0 Å². The average molecular weight is 487 g/mol. The lowest BCUT2D eigenvalue weighted by atomic mass is 10.2. The van der Waals surface area contributed by atoms with Crippen molar-refractivity contribution in [1.29, 1.82) is 0 Å². The molecule has 0 radical (unpaired) electrons. The third-order valence-corrected chi connectivity index (χ3v) is 6.74. The first-order valence-electron chi connectivity index (χ1n) is 11.5. The van der Waals surface area contributed by atoms with Crippen molar-refractivity contribution in [1.82, 2.24) is 19.7 Å². The molecular weight excluding hydrogens is 460 g/mol. The van der Waals surface area contributed by atoms with Gasteiger partial charge in [-0.2, -0.15) is 0 Å². The molecule has 0 atom stereocenters. The van der Waals surface area contributed by atoms with Crippen LogP contribution in [0.3, 0.4) is 0 Å². The van der Waals surface area contributed by atoms with Crippen LogP contribution in [-0.4, -0.2) is 44.7 Å². The Morgan fingerprint density at radius 2 is 1.77 bits per heavy atom. The van der Waals surface area contributed by atoms with Gasteiger partial charge >= 0.3 is 0 Å². The zero-order chi connectivity index (χ0) is 24.2. The number of aromatic nitrogens is 3. The fraction of sp³-hybridized carbons (Fsp3) is 0.222. The van der Waals surface area contributed by atoms with Gasteiger partial charge in [-0.3, -0.25) is 9.36 Å². The molecule has 2 heterocycles. The molecule has 178 valence electrons. The third-order valence-electron chi connectivity index (χ3n) is 5.83. The molecule has 7 nitrogen and oxygen atoms in total. The van der Waals surface area contributed by atoms with Crippen LogP contribution >= 0.6 is 11.8 Å². The Labute approximate surface area is 208 Å². The zero-order valence-corrected chi connectivity index (χ0v) is 20.5. The van der Waals surface area contributed by atoms with Crippen LogP contribution in [0.2, 0.25) is 0 Å². The molecule has 0 saturated carbocycles. The van der Waals surface area contributed by atoms with Crippen LogP contribution in [0.4, 0.5) is 0 Å². The van der Waals surface area contributed by atoms with Crippen molar-refractivity contribution in [3.63, 3.8) is 0 Å². The SMILES string of the molecule is CCN(Cc1ccc2c(c1)OCO2)C(=O)CSc1nnc(-c2ccccc2)n1-c1ccc(C)cc1. The van der Waals surface area contributed by atoms with Gasteiger partial charge in [-0.1, -0.05) is 65.9 Å². The summed E-state index contributed by atoms with van der Waals surface area (Å²) in [5, 5.41) is 9.60. The van der Waals surface area contributed by atoms with Crippen LogP contribution in [0.5, 0.6) is 11.5 Å². The minimum absolute atomic E-state index is 0.0369. The van der Waals surface area contributed by atoms with Crippen LogP contribution in [0, 0.1) is 6.92 Å². The van der Waals surface area contributed by atoms with E-state index in [0.717, 1.165) is 34.1 Å². The number of thioether (sulfide) groups is 1. The van der Waals surface area contributed by atoms with Gasteiger partial charge in [-0.25, -0.2) is 0 Å². The second-order valence-electron chi connectivity index (χ2n) is 8.23. The van der Waals surface area contributed by atoms with Gasteiger partial charge in [0.25, 0.3) is 0 Å². The first kappa shape index (κ1) is 23.0. The van der Waals surface area contributed by atoms with Crippen molar-refractivity contribution < 1.29 is 14.3 Å². The van der Waals surface area contributed by atoms with Crippen molar-refractivity contribution in [2.45, 2.75) is 25.5 Å². The molecule has 1 aliphatic heterocycles. The molecule has 3 aromatic carbocycles. The van der Waals surface area contributed by atoms with Crippen LogP contribution in [-0.2, 0) is 11.3 Å². The summed E-state index contributed by atoms with van der Waals surface area (Å²) in [5.41, 5.74) is 4.11. The number of carbonyl (C=O) groups excluding carboxylic acids is 1. The first-order chi connectivity index (χ1) is 17.1. The third kappa shape index (κ3) is 5.02. The second kappa shape index (κ2) is 10.2. The topological polar surface area (TPSA) is 69.5 Å². The fourth-order valence-corrected chi connectivity index (χ4v) is 4.77. The molecular formula is C27H26N4O3S. The molecule has 35 heavy (non-hydrogen) atoms. The smallest absolute Gasteiger partial charge is 0.233 e. The average Bonchev–Trinajstić information content (AvgIpc) is 3.53. The molecule has 1 aliphatic rings.